The lowest BCUT2D eigenvalue weighted by Crippen LogP contribution is -2.23. The van der Waals surface area contributed by atoms with Gasteiger partial charge in [0, 0.05) is 23.5 Å². The lowest BCUT2D eigenvalue weighted by molar-refractivity contribution is 0.415. The Morgan fingerprint density at radius 1 is 1.04 bits per heavy atom. The first kappa shape index (κ1) is 18.2. The number of aromatic nitrogens is 2. The van der Waals surface area contributed by atoms with E-state index in [0.29, 0.717) is 10.8 Å². The highest BCUT2D eigenvalue weighted by Gasteiger charge is 2.12. The lowest BCUT2D eigenvalue weighted by atomic mass is 10.2. The second-order valence-corrected chi connectivity index (χ2v) is 6.22. The van der Waals surface area contributed by atoms with E-state index in [4.69, 9.17) is 21.3 Å². The number of ether oxygens (including phenoxy) is 1. The molecule has 0 aliphatic rings. The molecule has 0 amide bonds. The number of hydrogen-bond donors (Lipinski definition) is 0. The standard InChI is InChI=1S/C21H22ClN3O/c1-4-25(5-2)21-17-14-16(26-3)11-12-19(17)23-20(24-21)13-10-15-8-6-7-9-18(15)22/h6-14H,4-5H2,1-3H3/b13-10-. The number of fused-ring (bicyclic) bond motifs is 1. The largest absolute Gasteiger partial charge is 0.497 e. The first-order chi connectivity index (χ1) is 12.7. The van der Waals surface area contributed by atoms with E-state index in [9.17, 15) is 0 Å². The minimum atomic E-state index is 0.657. The molecule has 1 aromatic heterocycles. The van der Waals surface area contributed by atoms with Crippen LogP contribution in [-0.4, -0.2) is 30.2 Å². The van der Waals surface area contributed by atoms with Gasteiger partial charge >= 0.3 is 0 Å². The van der Waals surface area contributed by atoms with Crippen molar-refractivity contribution in [2.24, 2.45) is 0 Å². The van der Waals surface area contributed by atoms with Crippen molar-refractivity contribution in [3.8, 4) is 5.75 Å². The summed E-state index contributed by atoms with van der Waals surface area (Å²) in [6.07, 6.45) is 3.84. The van der Waals surface area contributed by atoms with E-state index in [1.165, 1.54) is 0 Å². The van der Waals surface area contributed by atoms with Crippen molar-refractivity contribution in [3.05, 3.63) is 58.9 Å². The smallest absolute Gasteiger partial charge is 0.154 e. The van der Waals surface area contributed by atoms with Crippen LogP contribution in [-0.2, 0) is 0 Å². The number of hydrogen-bond acceptors (Lipinski definition) is 4. The van der Waals surface area contributed by atoms with Gasteiger partial charge in [-0.3, -0.25) is 0 Å². The van der Waals surface area contributed by atoms with Crippen molar-refractivity contribution >= 4 is 40.5 Å². The highest BCUT2D eigenvalue weighted by molar-refractivity contribution is 6.32. The summed E-state index contributed by atoms with van der Waals surface area (Å²) in [4.78, 5) is 11.7. The molecule has 4 nitrogen and oxygen atoms in total. The van der Waals surface area contributed by atoms with Crippen molar-refractivity contribution in [1.29, 1.82) is 0 Å². The Bertz CT molecular complexity index is 936. The van der Waals surface area contributed by atoms with Gasteiger partial charge in [0.25, 0.3) is 0 Å². The van der Waals surface area contributed by atoms with Crippen LogP contribution in [0.15, 0.2) is 42.5 Å². The molecule has 0 spiro atoms. The van der Waals surface area contributed by atoms with Gasteiger partial charge in [-0.05, 0) is 55.8 Å². The second kappa shape index (κ2) is 8.19. The van der Waals surface area contributed by atoms with Crippen LogP contribution in [0.3, 0.4) is 0 Å². The maximum absolute atomic E-state index is 6.23. The van der Waals surface area contributed by atoms with Crippen LogP contribution in [0.25, 0.3) is 23.1 Å². The van der Waals surface area contributed by atoms with E-state index in [1.807, 2.05) is 54.6 Å². The second-order valence-electron chi connectivity index (χ2n) is 5.82. The third-order valence-corrected chi connectivity index (χ3v) is 4.62. The Morgan fingerprint density at radius 2 is 1.81 bits per heavy atom. The molecule has 1 heterocycles. The van der Waals surface area contributed by atoms with Gasteiger partial charge in [0.05, 0.1) is 12.6 Å². The number of halogens is 1. The fourth-order valence-electron chi connectivity index (χ4n) is 2.85. The predicted molar refractivity (Wildman–Crippen MR) is 110 cm³/mol. The van der Waals surface area contributed by atoms with Crippen LogP contribution >= 0.6 is 11.6 Å². The van der Waals surface area contributed by atoms with Crippen molar-refractivity contribution in [2.45, 2.75) is 13.8 Å². The maximum atomic E-state index is 6.23. The number of anilines is 1. The fourth-order valence-corrected chi connectivity index (χ4v) is 3.05. The summed E-state index contributed by atoms with van der Waals surface area (Å²) in [6, 6.07) is 13.6. The maximum Gasteiger partial charge on any atom is 0.154 e. The molecule has 3 aromatic rings. The van der Waals surface area contributed by atoms with E-state index in [-0.39, 0.29) is 0 Å². The molecule has 0 unspecified atom stereocenters. The topological polar surface area (TPSA) is 38.2 Å². The molecular weight excluding hydrogens is 346 g/mol. The van der Waals surface area contributed by atoms with Gasteiger partial charge in [0.2, 0.25) is 0 Å². The monoisotopic (exact) mass is 367 g/mol. The summed E-state index contributed by atoms with van der Waals surface area (Å²) in [6.45, 7) is 5.98. The summed E-state index contributed by atoms with van der Waals surface area (Å²) in [5.41, 5.74) is 1.83. The van der Waals surface area contributed by atoms with Crippen molar-refractivity contribution < 1.29 is 4.74 Å². The zero-order chi connectivity index (χ0) is 18.5. The van der Waals surface area contributed by atoms with Crippen molar-refractivity contribution in [2.75, 3.05) is 25.1 Å². The third kappa shape index (κ3) is 3.81. The Morgan fingerprint density at radius 3 is 2.50 bits per heavy atom. The molecule has 0 radical (unpaired) electrons. The van der Waals surface area contributed by atoms with Crippen LogP contribution in [0, 0.1) is 0 Å². The molecule has 0 bridgehead atoms. The van der Waals surface area contributed by atoms with Crippen LogP contribution in [0.5, 0.6) is 5.75 Å². The van der Waals surface area contributed by atoms with Gasteiger partial charge in [-0.25, -0.2) is 9.97 Å². The molecule has 0 fully saturated rings. The number of benzene rings is 2. The molecular formula is C21H22ClN3O. The van der Waals surface area contributed by atoms with E-state index < -0.39 is 0 Å². The van der Waals surface area contributed by atoms with Gasteiger partial charge in [-0.2, -0.15) is 0 Å². The molecule has 134 valence electrons. The fraction of sp³-hybridized carbons (Fsp3) is 0.238. The molecule has 5 heteroatoms. The van der Waals surface area contributed by atoms with Crippen LogP contribution in [0.4, 0.5) is 5.82 Å². The molecule has 0 saturated heterocycles. The predicted octanol–water partition coefficient (Wildman–Crippen LogP) is 5.31. The van der Waals surface area contributed by atoms with E-state index >= 15 is 0 Å². The van der Waals surface area contributed by atoms with Crippen LogP contribution in [0.2, 0.25) is 5.02 Å². The first-order valence-electron chi connectivity index (χ1n) is 8.69. The van der Waals surface area contributed by atoms with E-state index in [2.05, 4.69) is 23.7 Å². The van der Waals surface area contributed by atoms with Crippen molar-refractivity contribution in [3.63, 3.8) is 0 Å². The molecule has 0 aliphatic heterocycles. The minimum absolute atomic E-state index is 0.657. The first-order valence-corrected chi connectivity index (χ1v) is 9.07. The molecule has 0 N–H and O–H groups in total. The van der Waals surface area contributed by atoms with Gasteiger partial charge < -0.3 is 9.64 Å². The summed E-state index contributed by atoms with van der Waals surface area (Å²) in [7, 11) is 1.67. The van der Waals surface area contributed by atoms with Gasteiger partial charge in [-0.1, -0.05) is 29.8 Å². The average Bonchev–Trinajstić information content (AvgIpc) is 2.68. The summed E-state index contributed by atoms with van der Waals surface area (Å²) >= 11 is 6.23. The highest BCUT2D eigenvalue weighted by Crippen LogP contribution is 2.28. The van der Waals surface area contributed by atoms with Gasteiger partial charge in [-0.15, -0.1) is 0 Å². The Balaban J connectivity index is 2.10. The Kier molecular flexibility index (Phi) is 5.74. The zero-order valence-electron chi connectivity index (χ0n) is 15.2. The Labute approximate surface area is 159 Å². The van der Waals surface area contributed by atoms with Gasteiger partial charge in [0.15, 0.2) is 5.82 Å². The quantitative estimate of drug-likeness (QED) is 0.591. The SMILES string of the molecule is CCN(CC)c1nc(/C=C\c2ccccc2Cl)nc2ccc(OC)cc12. The summed E-state index contributed by atoms with van der Waals surface area (Å²) in [5, 5.41) is 1.70. The van der Waals surface area contributed by atoms with Gasteiger partial charge in [0.1, 0.15) is 11.6 Å². The molecule has 2 aromatic carbocycles. The number of rotatable bonds is 6. The Hall–Kier alpha value is -2.59. The normalized spacial score (nSPS) is 11.2. The average molecular weight is 368 g/mol. The summed E-state index contributed by atoms with van der Waals surface area (Å²) in [5.74, 6) is 2.37. The number of methoxy groups -OCH3 is 1. The molecule has 26 heavy (non-hydrogen) atoms. The highest BCUT2D eigenvalue weighted by atomic mass is 35.5. The van der Waals surface area contributed by atoms with Crippen LogP contribution in [0.1, 0.15) is 25.2 Å². The molecule has 0 aliphatic carbocycles. The van der Waals surface area contributed by atoms with Crippen molar-refractivity contribution in [1.82, 2.24) is 9.97 Å². The van der Waals surface area contributed by atoms with E-state index in [1.54, 1.807) is 7.11 Å². The minimum Gasteiger partial charge on any atom is -0.497 e. The van der Waals surface area contributed by atoms with E-state index in [0.717, 1.165) is 41.1 Å². The van der Waals surface area contributed by atoms with Crippen LogP contribution < -0.4 is 9.64 Å². The lowest BCUT2D eigenvalue weighted by Gasteiger charge is -2.22. The third-order valence-electron chi connectivity index (χ3n) is 4.28. The zero-order valence-corrected chi connectivity index (χ0v) is 16.0. The molecule has 0 atom stereocenters. The molecule has 0 saturated carbocycles. The summed E-state index contributed by atoms with van der Waals surface area (Å²) < 4.78 is 5.37. The number of nitrogens with zero attached hydrogens (tertiary/aromatic N) is 3. The molecule has 3 rings (SSSR count).